The summed E-state index contributed by atoms with van der Waals surface area (Å²) in [7, 11) is 2.02. The maximum absolute atomic E-state index is 11.6. The van der Waals surface area contributed by atoms with Gasteiger partial charge in [-0.25, -0.2) is 0 Å². The molecule has 0 heterocycles. The number of fused-ring (bicyclic) bond motifs is 1. The Morgan fingerprint density at radius 1 is 1.33 bits per heavy atom. The molecule has 1 amide bonds. The number of carbonyl (C=O) groups excluding carboxylic acids is 1. The van der Waals surface area contributed by atoms with Gasteiger partial charge in [0, 0.05) is 12.1 Å². The van der Waals surface area contributed by atoms with Crippen LogP contribution in [0.15, 0.2) is 18.2 Å². The van der Waals surface area contributed by atoms with Crippen LogP contribution in [0, 0.1) is 0 Å². The van der Waals surface area contributed by atoms with E-state index >= 15 is 0 Å². The van der Waals surface area contributed by atoms with Crippen LogP contribution < -0.4 is 15.4 Å². The maximum Gasteiger partial charge on any atom is 0.223 e. The minimum Gasteiger partial charge on any atom is -0.493 e. The zero-order valence-electron chi connectivity index (χ0n) is 12.7. The van der Waals surface area contributed by atoms with Gasteiger partial charge in [-0.3, -0.25) is 4.79 Å². The normalized spacial score (nSPS) is 20.7. The van der Waals surface area contributed by atoms with Gasteiger partial charge in [0.2, 0.25) is 5.91 Å². The summed E-state index contributed by atoms with van der Waals surface area (Å²) in [4.78, 5) is 11.6. The Bertz CT molecular complexity index is 512. The van der Waals surface area contributed by atoms with Gasteiger partial charge in [0.25, 0.3) is 0 Å². The van der Waals surface area contributed by atoms with Crippen LogP contribution in [0.25, 0.3) is 0 Å². The number of hydrogen-bond donors (Lipinski definition) is 2. The van der Waals surface area contributed by atoms with Crippen LogP contribution in [0.3, 0.4) is 0 Å². The van der Waals surface area contributed by atoms with E-state index in [1.807, 2.05) is 13.1 Å². The molecule has 2 N–H and O–H groups in total. The molecule has 1 atom stereocenters. The summed E-state index contributed by atoms with van der Waals surface area (Å²) in [6.45, 7) is 0.451. The molecule has 1 saturated carbocycles. The van der Waals surface area contributed by atoms with E-state index in [1.165, 1.54) is 24.0 Å². The Labute approximate surface area is 126 Å². The largest absolute Gasteiger partial charge is 0.493 e. The van der Waals surface area contributed by atoms with E-state index in [4.69, 9.17) is 4.74 Å². The summed E-state index contributed by atoms with van der Waals surface area (Å²) in [6, 6.07) is 7.21. The molecule has 0 saturated heterocycles. The Hall–Kier alpha value is -1.55. The minimum absolute atomic E-state index is 0.103. The molecule has 4 nitrogen and oxygen atoms in total. The highest BCUT2D eigenvalue weighted by atomic mass is 16.5. The van der Waals surface area contributed by atoms with Crippen LogP contribution >= 0.6 is 0 Å². The number of benzene rings is 1. The molecule has 3 rings (SSSR count). The molecule has 0 aliphatic heterocycles. The van der Waals surface area contributed by atoms with Crippen LogP contribution in [0.2, 0.25) is 0 Å². The smallest absolute Gasteiger partial charge is 0.223 e. The number of hydrogen-bond acceptors (Lipinski definition) is 3. The lowest BCUT2D eigenvalue weighted by atomic mass is 9.87. The number of amides is 1. The van der Waals surface area contributed by atoms with E-state index < -0.39 is 0 Å². The summed E-state index contributed by atoms with van der Waals surface area (Å²) < 4.78 is 5.73. The molecule has 1 aromatic carbocycles. The molecule has 2 aliphatic rings. The predicted octanol–water partition coefficient (Wildman–Crippen LogP) is 2.33. The van der Waals surface area contributed by atoms with E-state index in [-0.39, 0.29) is 5.91 Å². The first-order valence-electron chi connectivity index (χ1n) is 7.98. The molecular weight excluding hydrogens is 264 g/mol. The molecule has 1 unspecified atom stereocenters. The van der Waals surface area contributed by atoms with E-state index in [0.29, 0.717) is 25.1 Å². The van der Waals surface area contributed by atoms with E-state index in [9.17, 15) is 4.79 Å². The third-order valence-corrected chi connectivity index (χ3v) is 4.32. The molecule has 0 aromatic heterocycles. The van der Waals surface area contributed by atoms with Crippen LogP contribution in [0.1, 0.15) is 49.3 Å². The predicted molar refractivity (Wildman–Crippen MR) is 82.5 cm³/mol. The second kappa shape index (κ2) is 6.48. The Morgan fingerprint density at radius 2 is 2.19 bits per heavy atom. The van der Waals surface area contributed by atoms with Crippen molar-refractivity contribution in [2.75, 3.05) is 13.7 Å². The minimum atomic E-state index is 0.103. The van der Waals surface area contributed by atoms with Gasteiger partial charge < -0.3 is 15.4 Å². The van der Waals surface area contributed by atoms with Crippen LogP contribution in [0.4, 0.5) is 0 Å². The van der Waals surface area contributed by atoms with Crippen molar-refractivity contribution in [2.24, 2.45) is 0 Å². The van der Waals surface area contributed by atoms with Gasteiger partial charge in [0.15, 0.2) is 0 Å². The zero-order chi connectivity index (χ0) is 14.7. The van der Waals surface area contributed by atoms with Crippen molar-refractivity contribution in [1.82, 2.24) is 10.6 Å². The molecule has 21 heavy (non-hydrogen) atoms. The van der Waals surface area contributed by atoms with Gasteiger partial charge in [-0.15, -0.1) is 0 Å². The fraction of sp³-hybridized carbons (Fsp3) is 0.588. The number of carbonyl (C=O) groups is 1. The lowest BCUT2D eigenvalue weighted by Gasteiger charge is -2.25. The van der Waals surface area contributed by atoms with E-state index in [1.54, 1.807) is 0 Å². The molecule has 4 heteroatoms. The first kappa shape index (κ1) is 14.4. The van der Waals surface area contributed by atoms with E-state index in [2.05, 4.69) is 22.8 Å². The summed E-state index contributed by atoms with van der Waals surface area (Å²) >= 11 is 0. The highest BCUT2D eigenvalue weighted by Crippen LogP contribution is 2.31. The number of aryl methyl sites for hydroxylation is 1. The maximum atomic E-state index is 11.6. The van der Waals surface area contributed by atoms with Gasteiger partial charge in [-0.2, -0.15) is 0 Å². The first-order chi connectivity index (χ1) is 10.3. The Morgan fingerprint density at radius 3 is 2.95 bits per heavy atom. The average molecular weight is 288 g/mol. The van der Waals surface area contributed by atoms with Crippen LogP contribution in [-0.4, -0.2) is 25.6 Å². The summed E-state index contributed by atoms with van der Waals surface area (Å²) in [5.41, 5.74) is 2.77. The molecular formula is C17H24N2O2. The monoisotopic (exact) mass is 288 g/mol. The van der Waals surface area contributed by atoms with Crippen molar-refractivity contribution in [1.29, 1.82) is 0 Å². The topological polar surface area (TPSA) is 50.4 Å². The van der Waals surface area contributed by atoms with Crippen molar-refractivity contribution in [2.45, 2.75) is 50.6 Å². The molecule has 114 valence electrons. The van der Waals surface area contributed by atoms with E-state index in [0.717, 1.165) is 25.0 Å². The van der Waals surface area contributed by atoms with Gasteiger partial charge in [-0.1, -0.05) is 6.07 Å². The van der Waals surface area contributed by atoms with Crippen molar-refractivity contribution in [3.8, 4) is 5.75 Å². The van der Waals surface area contributed by atoms with Gasteiger partial charge in [-0.05, 0) is 62.4 Å². The number of rotatable bonds is 6. The van der Waals surface area contributed by atoms with Gasteiger partial charge in [0.1, 0.15) is 5.75 Å². The quantitative estimate of drug-likeness (QED) is 0.844. The molecule has 0 radical (unpaired) electrons. The summed E-state index contributed by atoms with van der Waals surface area (Å²) in [6.07, 6.45) is 6.23. The molecule has 0 spiro atoms. The van der Waals surface area contributed by atoms with Crippen molar-refractivity contribution in [3.63, 3.8) is 0 Å². The van der Waals surface area contributed by atoms with Crippen LogP contribution in [-0.2, 0) is 11.2 Å². The highest BCUT2D eigenvalue weighted by Gasteiger charge is 2.23. The van der Waals surface area contributed by atoms with Gasteiger partial charge >= 0.3 is 0 Å². The average Bonchev–Trinajstić information content (AvgIpc) is 3.30. The molecule has 1 fully saturated rings. The number of nitrogens with one attached hydrogen (secondary N) is 2. The third-order valence-electron chi connectivity index (χ3n) is 4.32. The first-order valence-corrected chi connectivity index (χ1v) is 7.98. The van der Waals surface area contributed by atoms with Crippen LogP contribution in [0.5, 0.6) is 5.75 Å². The lowest BCUT2D eigenvalue weighted by Crippen LogP contribution is -2.26. The molecule has 1 aromatic rings. The summed E-state index contributed by atoms with van der Waals surface area (Å²) in [5, 5.41) is 6.34. The SMILES string of the molecule is CNC1CCCc2cc(OCCC(=O)NC3CC3)ccc21. The fourth-order valence-electron chi connectivity index (χ4n) is 2.97. The number of ether oxygens (including phenoxy) is 1. The summed E-state index contributed by atoms with van der Waals surface area (Å²) in [5.74, 6) is 0.982. The second-order valence-corrected chi connectivity index (χ2v) is 6.03. The fourth-order valence-corrected chi connectivity index (χ4v) is 2.97. The van der Waals surface area contributed by atoms with Crippen molar-refractivity contribution < 1.29 is 9.53 Å². The Kier molecular flexibility index (Phi) is 4.44. The molecule has 0 bridgehead atoms. The standard InChI is InChI=1S/C17H24N2O2/c1-18-16-4-2-3-12-11-14(7-8-15(12)16)21-10-9-17(20)19-13-5-6-13/h7-8,11,13,16,18H,2-6,9-10H2,1H3,(H,19,20). The zero-order valence-corrected chi connectivity index (χ0v) is 12.7. The van der Waals surface area contributed by atoms with Crippen molar-refractivity contribution >= 4 is 5.91 Å². The highest BCUT2D eigenvalue weighted by molar-refractivity contribution is 5.76. The third kappa shape index (κ3) is 3.76. The molecule has 2 aliphatic carbocycles. The Balaban J connectivity index is 1.52. The van der Waals surface area contributed by atoms with Gasteiger partial charge in [0.05, 0.1) is 13.0 Å². The lowest BCUT2D eigenvalue weighted by molar-refractivity contribution is -0.121. The second-order valence-electron chi connectivity index (χ2n) is 6.03. The van der Waals surface area contributed by atoms with Crippen molar-refractivity contribution in [3.05, 3.63) is 29.3 Å².